The summed E-state index contributed by atoms with van der Waals surface area (Å²) in [6.45, 7) is 2.26. The number of halogens is 4. The first-order chi connectivity index (χ1) is 15.7. The third-order valence-corrected chi connectivity index (χ3v) is 5.68. The van der Waals surface area contributed by atoms with Crippen LogP contribution in [-0.2, 0) is 28.7 Å². The van der Waals surface area contributed by atoms with Gasteiger partial charge in [-0.25, -0.2) is 0 Å². The van der Waals surface area contributed by atoms with E-state index in [4.69, 9.17) is 11.6 Å². The van der Waals surface area contributed by atoms with Gasteiger partial charge in [0.05, 0.1) is 28.4 Å². The number of alkyl halides is 3. The minimum atomic E-state index is -4.51. The first-order valence-corrected chi connectivity index (χ1v) is 11.1. The first-order valence-electron chi connectivity index (χ1n) is 9.73. The highest BCUT2D eigenvalue weighted by Gasteiger charge is 2.30. The van der Waals surface area contributed by atoms with Crippen LogP contribution in [0.15, 0.2) is 53.7 Å². The maximum absolute atomic E-state index is 12.9. The van der Waals surface area contributed by atoms with Crippen LogP contribution in [-0.4, -0.2) is 32.3 Å². The highest BCUT2D eigenvalue weighted by atomic mass is 35.5. The summed E-state index contributed by atoms with van der Waals surface area (Å²) in [5, 5.41) is 14.0. The topological polar surface area (TPSA) is 88.9 Å². The Bertz CT molecular complexity index is 1150. The van der Waals surface area contributed by atoms with Crippen molar-refractivity contribution < 1.29 is 22.8 Å². The van der Waals surface area contributed by atoms with Gasteiger partial charge in [0.1, 0.15) is 5.82 Å². The van der Waals surface area contributed by atoms with E-state index in [-0.39, 0.29) is 23.8 Å². The molecule has 33 heavy (non-hydrogen) atoms. The van der Waals surface area contributed by atoms with Gasteiger partial charge >= 0.3 is 6.18 Å². The fraction of sp³-hybridized carbons (Fsp3) is 0.238. The number of rotatable bonds is 8. The molecular formula is C21H19ClF3N5O2S. The van der Waals surface area contributed by atoms with Gasteiger partial charge in [-0.05, 0) is 37.3 Å². The van der Waals surface area contributed by atoms with Crippen LogP contribution in [0.25, 0.3) is 0 Å². The number of hydrogen-bond donors (Lipinski definition) is 2. The van der Waals surface area contributed by atoms with Gasteiger partial charge in [-0.15, -0.1) is 10.2 Å². The first kappa shape index (κ1) is 24.6. The Hall–Kier alpha value is -3.05. The van der Waals surface area contributed by atoms with E-state index in [0.29, 0.717) is 28.2 Å². The summed E-state index contributed by atoms with van der Waals surface area (Å²) in [4.78, 5) is 24.6. The van der Waals surface area contributed by atoms with Gasteiger partial charge in [-0.3, -0.25) is 9.59 Å². The normalized spacial score (nSPS) is 11.3. The minimum Gasteiger partial charge on any atom is -0.326 e. The van der Waals surface area contributed by atoms with E-state index in [0.717, 1.165) is 23.9 Å². The second-order valence-corrected chi connectivity index (χ2v) is 8.11. The van der Waals surface area contributed by atoms with Crippen molar-refractivity contribution in [3.05, 3.63) is 64.9 Å². The predicted molar refractivity (Wildman–Crippen MR) is 120 cm³/mol. The molecule has 0 atom stereocenters. The van der Waals surface area contributed by atoms with Gasteiger partial charge in [0.2, 0.25) is 11.8 Å². The molecule has 0 spiro atoms. The predicted octanol–water partition coefficient (Wildman–Crippen LogP) is 4.88. The molecule has 1 heterocycles. The number of benzene rings is 2. The van der Waals surface area contributed by atoms with Gasteiger partial charge in [0.15, 0.2) is 5.16 Å². The molecular weight excluding hydrogens is 479 g/mol. The summed E-state index contributed by atoms with van der Waals surface area (Å²) >= 11 is 7.17. The van der Waals surface area contributed by atoms with Crippen LogP contribution in [0.4, 0.5) is 24.5 Å². The number of carbonyl (C=O) groups is 2. The zero-order valence-corrected chi connectivity index (χ0v) is 18.9. The van der Waals surface area contributed by atoms with Crippen molar-refractivity contribution in [1.82, 2.24) is 14.8 Å². The number of hydrogen-bond acceptors (Lipinski definition) is 5. The van der Waals surface area contributed by atoms with Crippen LogP contribution in [0.5, 0.6) is 0 Å². The Morgan fingerprint density at radius 2 is 1.82 bits per heavy atom. The van der Waals surface area contributed by atoms with Crippen molar-refractivity contribution in [1.29, 1.82) is 0 Å². The highest BCUT2D eigenvalue weighted by molar-refractivity contribution is 7.99. The van der Waals surface area contributed by atoms with Crippen molar-refractivity contribution in [2.24, 2.45) is 0 Å². The number of nitrogens with zero attached hydrogens (tertiary/aromatic N) is 3. The monoisotopic (exact) mass is 497 g/mol. The lowest BCUT2D eigenvalue weighted by Gasteiger charge is -2.10. The van der Waals surface area contributed by atoms with E-state index < -0.39 is 17.6 Å². The van der Waals surface area contributed by atoms with Crippen LogP contribution < -0.4 is 10.6 Å². The molecule has 0 aliphatic rings. The van der Waals surface area contributed by atoms with Gasteiger partial charge in [-0.1, -0.05) is 41.6 Å². The van der Waals surface area contributed by atoms with Crippen LogP contribution in [0, 0.1) is 0 Å². The summed E-state index contributed by atoms with van der Waals surface area (Å²) in [7, 11) is 0. The highest BCUT2D eigenvalue weighted by Crippen LogP contribution is 2.30. The number of anilines is 2. The number of thioether (sulfide) groups is 1. The molecule has 7 nitrogen and oxygen atoms in total. The molecule has 3 rings (SSSR count). The summed E-state index contributed by atoms with van der Waals surface area (Å²) in [5.41, 5.74) is -0.331. The lowest BCUT2D eigenvalue weighted by atomic mass is 10.2. The quantitative estimate of drug-likeness (QED) is 0.433. The van der Waals surface area contributed by atoms with Crippen molar-refractivity contribution in [3.8, 4) is 0 Å². The molecule has 1 aromatic heterocycles. The summed E-state index contributed by atoms with van der Waals surface area (Å²) in [5.74, 6) is -0.456. The number of para-hydroxylation sites is 1. The molecule has 174 valence electrons. The maximum atomic E-state index is 12.9. The van der Waals surface area contributed by atoms with Gasteiger partial charge in [0.25, 0.3) is 0 Å². The van der Waals surface area contributed by atoms with E-state index in [9.17, 15) is 22.8 Å². The van der Waals surface area contributed by atoms with Crippen LogP contribution >= 0.6 is 23.4 Å². The zero-order valence-electron chi connectivity index (χ0n) is 17.3. The third-order valence-electron chi connectivity index (χ3n) is 4.38. The standard InChI is InChI=1S/C21H19ClF3N5O2S/c1-2-30-17(11-18(31)26-14-7-5-6-13(10-14)21(23,24)25)28-29-20(30)33-12-19(32)27-16-9-4-3-8-15(16)22/h3-10H,2,11-12H2,1H3,(H,26,31)(H,27,32). The molecule has 0 aliphatic heterocycles. The van der Waals surface area contributed by atoms with E-state index in [1.165, 1.54) is 12.1 Å². The van der Waals surface area contributed by atoms with Crippen molar-refractivity contribution in [2.75, 3.05) is 16.4 Å². The lowest BCUT2D eigenvalue weighted by molar-refractivity contribution is -0.137. The largest absolute Gasteiger partial charge is 0.416 e. The zero-order chi connectivity index (χ0) is 24.0. The van der Waals surface area contributed by atoms with Gasteiger partial charge in [-0.2, -0.15) is 13.2 Å². The smallest absolute Gasteiger partial charge is 0.326 e. The molecule has 12 heteroatoms. The molecule has 2 N–H and O–H groups in total. The second-order valence-electron chi connectivity index (χ2n) is 6.76. The van der Waals surface area contributed by atoms with Crippen LogP contribution in [0.1, 0.15) is 18.3 Å². The molecule has 0 fully saturated rings. The third kappa shape index (κ3) is 6.72. The molecule has 0 saturated heterocycles. The van der Waals surface area contributed by atoms with Gasteiger partial charge < -0.3 is 15.2 Å². The summed E-state index contributed by atoms with van der Waals surface area (Å²) in [6.07, 6.45) is -4.70. The molecule has 3 aromatic rings. The minimum absolute atomic E-state index is 0.0308. The molecule has 0 bridgehead atoms. The molecule has 0 radical (unpaired) electrons. The second kappa shape index (κ2) is 10.7. The molecule has 0 unspecified atom stereocenters. The fourth-order valence-electron chi connectivity index (χ4n) is 2.88. The Morgan fingerprint density at radius 3 is 2.52 bits per heavy atom. The Labute approximate surface area is 196 Å². The van der Waals surface area contributed by atoms with Crippen molar-refractivity contribution in [3.63, 3.8) is 0 Å². The van der Waals surface area contributed by atoms with Crippen molar-refractivity contribution in [2.45, 2.75) is 31.2 Å². The average Bonchev–Trinajstić information content (AvgIpc) is 3.14. The van der Waals surface area contributed by atoms with Crippen molar-refractivity contribution >= 4 is 46.6 Å². The molecule has 0 saturated carbocycles. The Morgan fingerprint density at radius 1 is 1.06 bits per heavy atom. The molecule has 2 aromatic carbocycles. The van der Waals surface area contributed by atoms with Crippen LogP contribution in [0.2, 0.25) is 5.02 Å². The Balaban J connectivity index is 1.60. The number of nitrogens with one attached hydrogen (secondary N) is 2. The Kier molecular flexibility index (Phi) is 7.98. The van der Waals surface area contributed by atoms with Crippen LogP contribution in [0.3, 0.4) is 0 Å². The van der Waals surface area contributed by atoms with E-state index in [2.05, 4.69) is 20.8 Å². The summed E-state index contributed by atoms with van der Waals surface area (Å²) < 4.78 is 40.2. The van der Waals surface area contributed by atoms with E-state index >= 15 is 0 Å². The number of carbonyl (C=O) groups excluding carboxylic acids is 2. The SMILES string of the molecule is CCn1c(CC(=O)Nc2cccc(C(F)(F)F)c2)nnc1SCC(=O)Nc1ccccc1Cl. The molecule has 2 amide bonds. The summed E-state index contributed by atoms with van der Waals surface area (Å²) in [6, 6.07) is 11.2. The fourth-order valence-corrected chi connectivity index (χ4v) is 3.88. The average molecular weight is 498 g/mol. The van der Waals surface area contributed by atoms with Gasteiger partial charge in [0, 0.05) is 12.2 Å². The lowest BCUT2D eigenvalue weighted by Crippen LogP contribution is -2.18. The molecule has 0 aliphatic carbocycles. The van der Waals surface area contributed by atoms with E-state index in [1.807, 2.05) is 6.92 Å². The van der Waals surface area contributed by atoms with E-state index in [1.54, 1.807) is 28.8 Å². The number of amides is 2. The maximum Gasteiger partial charge on any atom is 0.416 e. The number of aromatic nitrogens is 3.